The number of imidazole rings is 1. The number of furan rings is 1. The number of hydrogen-bond acceptors (Lipinski definition) is 7. The molecule has 1 unspecified atom stereocenters. The number of benzene rings is 1. The fraction of sp³-hybridized carbons (Fsp3) is 0.310. The summed E-state index contributed by atoms with van der Waals surface area (Å²) in [6, 6.07) is 5.20. The Labute approximate surface area is 232 Å². The van der Waals surface area contributed by atoms with Gasteiger partial charge in [-0.2, -0.15) is 0 Å². The van der Waals surface area contributed by atoms with Crippen LogP contribution < -0.4 is 10.1 Å². The van der Waals surface area contributed by atoms with Crippen LogP contribution in [0.4, 0.5) is 0 Å². The summed E-state index contributed by atoms with van der Waals surface area (Å²) in [6.07, 6.45) is 8.52. The lowest BCUT2D eigenvalue weighted by Crippen LogP contribution is -2.37. The average Bonchev–Trinajstić information content (AvgIpc) is 3.72. The minimum absolute atomic E-state index is 0. The van der Waals surface area contributed by atoms with Crippen LogP contribution in [0.2, 0.25) is 0 Å². The molecule has 0 saturated carbocycles. The molecule has 210 valence electrons. The number of allylic oxidation sites excluding steroid dienone is 1. The molecule has 1 fully saturated rings. The largest absolute Gasteiger partial charge is 0.460 e. The van der Waals surface area contributed by atoms with Crippen LogP contribution in [0.3, 0.4) is 0 Å². The molecule has 11 nitrogen and oxygen atoms in total. The van der Waals surface area contributed by atoms with Gasteiger partial charge in [-0.05, 0) is 31.5 Å². The van der Waals surface area contributed by atoms with Crippen LogP contribution in [0, 0.1) is 19.3 Å². The van der Waals surface area contributed by atoms with Crippen LogP contribution in [0.15, 0.2) is 47.3 Å². The van der Waals surface area contributed by atoms with Crippen molar-refractivity contribution in [2.24, 2.45) is 7.05 Å². The summed E-state index contributed by atoms with van der Waals surface area (Å²) in [6.45, 7) is 4.49. The number of amides is 2. The second-order valence-electron chi connectivity index (χ2n) is 9.81. The molecule has 1 atom stereocenters. The summed E-state index contributed by atoms with van der Waals surface area (Å²) in [7, 11) is 5.14. The summed E-state index contributed by atoms with van der Waals surface area (Å²) < 4.78 is 19.8. The minimum Gasteiger partial charge on any atom is -0.460 e. The Morgan fingerprint density at radius 1 is 1.32 bits per heavy atom. The van der Waals surface area contributed by atoms with Gasteiger partial charge in [-0.3, -0.25) is 9.59 Å². The van der Waals surface area contributed by atoms with Gasteiger partial charge in [-0.15, -0.1) is 0 Å². The monoisotopic (exact) mass is 546 g/mol. The molecule has 4 aromatic rings. The van der Waals surface area contributed by atoms with Gasteiger partial charge < -0.3 is 39.1 Å². The third kappa shape index (κ3) is 4.47. The number of nitrogens with one attached hydrogen (secondary N) is 3. The normalized spacial score (nSPS) is 17.4. The van der Waals surface area contributed by atoms with Crippen LogP contribution >= 0.6 is 0 Å². The van der Waals surface area contributed by atoms with E-state index in [4.69, 9.17) is 19.3 Å². The molecule has 0 spiro atoms. The van der Waals surface area contributed by atoms with Gasteiger partial charge in [-0.25, -0.2) is 4.98 Å². The van der Waals surface area contributed by atoms with Crippen LogP contribution in [0.1, 0.15) is 51.4 Å². The van der Waals surface area contributed by atoms with Crippen molar-refractivity contribution in [2.75, 3.05) is 27.2 Å². The molecule has 1 aliphatic rings. The Bertz CT molecular complexity index is 1650. The molecule has 0 bridgehead atoms. The van der Waals surface area contributed by atoms with Crippen molar-refractivity contribution in [3.63, 3.8) is 0 Å². The molecule has 0 aliphatic carbocycles. The second kappa shape index (κ2) is 10.5. The lowest BCUT2D eigenvalue weighted by atomic mass is 10.0. The minimum atomic E-state index is -0.671. The number of rotatable bonds is 8. The van der Waals surface area contributed by atoms with Crippen LogP contribution in [0.25, 0.3) is 16.7 Å². The number of methoxy groups -OCH3 is 1. The Balaban J connectivity index is 0.00000387. The van der Waals surface area contributed by atoms with E-state index in [0.717, 1.165) is 12.0 Å². The third-order valence-corrected chi connectivity index (χ3v) is 7.51. The number of H-pyrrole nitrogens is 1. The number of hydrogen-bond donors (Lipinski definition) is 3. The molecule has 1 aliphatic heterocycles. The highest BCUT2D eigenvalue weighted by atomic mass is 16.5. The van der Waals surface area contributed by atoms with Gasteiger partial charge in [0.2, 0.25) is 0 Å². The molecule has 1 saturated heterocycles. The zero-order chi connectivity index (χ0) is 28.6. The zero-order valence-electron chi connectivity index (χ0n) is 23.1. The lowest BCUT2D eigenvalue weighted by molar-refractivity contribution is -0.0142. The van der Waals surface area contributed by atoms with E-state index in [1.54, 1.807) is 56.6 Å². The summed E-state index contributed by atoms with van der Waals surface area (Å²) in [4.78, 5) is 35.3. The van der Waals surface area contributed by atoms with E-state index < -0.39 is 5.60 Å². The van der Waals surface area contributed by atoms with Crippen molar-refractivity contribution in [3.8, 4) is 5.75 Å². The number of fused-ring (bicyclic) bond motifs is 1. The smallest absolute Gasteiger partial charge is 0.255 e. The van der Waals surface area contributed by atoms with Crippen molar-refractivity contribution in [2.45, 2.75) is 25.9 Å². The summed E-state index contributed by atoms with van der Waals surface area (Å²) >= 11 is 0. The molecular formula is C29H34N6O5. The quantitative estimate of drug-likeness (QED) is 0.224. The number of ether oxygens (including phenoxy) is 2. The Morgan fingerprint density at radius 3 is 2.80 bits per heavy atom. The summed E-state index contributed by atoms with van der Waals surface area (Å²) in [5, 5.41) is 11.0. The molecule has 2 amide bonds. The molecule has 0 radical (unpaired) electrons. The van der Waals surface area contributed by atoms with Gasteiger partial charge in [0.15, 0.2) is 5.76 Å². The van der Waals surface area contributed by atoms with Crippen molar-refractivity contribution in [1.29, 1.82) is 5.41 Å². The number of carbonyl (C=O) groups excluding carboxylic acids is 2. The highest BCUT2D eigenvalue weighted by molar-refractivity contribution is 6.07. The highest BCUT2D eigenvalue weighted by Crippen LogP contribution is 2.36. The van der Waals surface area contributed by atoms with E-state index in [0.29, 0.717) is 70.1 Å². The topological polar surface area (TPSA) is 138 Å². The van der Waals surface area contributed by atoms with Crippen LogP contribution in [-0.4, -0.2) is 64.7 Å². The van der Waals surface area contributed by atoms with E-state index in [2.05, 4.69) is 15.3 Å². The van der Waals surface area contributed by atoms with E-state index in [9.17, 15) is 9.59 Å². The van der Waals surface area contributed by atoms with Gasteiger partial charge >= 0.3 is 0 Å². The Morgan fingerprint density at radius 2 is 2.12 bits per heavy atom. The number of nitrogens with zero attached hydrogens (tertiary/aromatic N) is 3. The van der Waals surface area contributed by atoms with Gasteiger partial charge in [0, 0.05) is 77.9 Å². The van der Waals surface area contributed by atoms with E-state index in [-0.39, 0.29) is 13.2 Å². The van der Waals surface area contributed by atoms with Gasteiger partial charge in [0.1, 0.15) is 28.5 Å². The number of aromatic amines is 1. The average molecular weight is 547 g/mol. The lowest BCUT2D eigenvalue weighted by Gasteiger charge is -2.27. The zero-order valence-corrected chi connectivity index (χ0v) is 23.1. The third-order valence-electron chi connectivity index (χ3n) is 7.51. The maximum atomic E-state index is 13.6. The number of aryl methyl sites for hydroxylation is 2. The van der Waals surface area contributed by atoms with Crippen molar-refractivity contribution < 1.29 is 24.9 Å². The maximum Gasteiger partial charge on any atom is 0.255 e. The number of aromatic nitrogens is 3. The molecule has 4 heterocycles. The van der Waals surface area contributed by atoms with E-state index in [1.165, 1.54) is 6.08 Å². The predicted molar refractivity (Wildman–Crippen MR) is 152 cm³/mol. The van der Waals surface area contributed by atoms with Crippen molar-refractivity contribution in [3.05, 3.63) is 76.8 Å². The first-order valence-electron chi connectivity index (χ1n) is 12.9. The molecule has 11 heteroatoms. The molecule has 40 heavy (non-hydrogen) atoms. The van der Waals surface area contributed by atoms with E-state index >= 15 is 0 Å². The number of likely N-dealkylation sites (tertiary alicyclic amines) is 1. The molecule has 1 aromatic carbocycles. The maximum absolute atomic E-state index is 13.6. The molecular weight excluding hydrogens is 512 g/mol. The molecule has 3 aromatic heterocycles. The van der Waals surface area contributed by atoms with Gasteiger partial charge in [0.05, 0.1) is 23.4 Å². The first-order chi connectivity index (χ1) is 19.2. The van der Waals surface area contributed by atoms with Crippen molar-refractivity contribution in [1.82, 2.24) is 24.8 Å². The second-order valence-corrected chi connectivity index (χ2v) is 9.81. The molecule has 5 rings (SSSR count). The first-order valence-corrected chi connectivity index (χ1v) is 12.9. The summed E-state index contributed by atoms with van der Waals surface area (Å²) in [5.41, 5.74) is 2.09. The van der Waals surface area contributed by atoms with Crippen LogP contribution in [0.5, 0.6) is 5.75 Å². The summed E-state index contributed by atoms with van der Waals surface area (Å²) in [5.74, 6) is 1.76. The van der Waals surface area contributed by atoms with Crippen molar-refractivity contribution >= 4 is 34.8 Å². The standard InChI is InChI=1S/C29H32N6O5.H2/c1-17-21(27(37)35-12-9-29(16-35,38-5)28-32-11-13-34(28)4)15-33-25(17)22(8-10-30)40-19-6-7-20-23(14-19)39-18(2)24(20)26(36)31-3;/h6-8,10-11,13-15,30,33H,9,12,16H2,1-5H3,(H,31,36);1H/b22-8+,30-10?;. The highest BCUT2D eigenvalue weighted by Gasteiger charge is 2.45. The van der Waals surface area contributed by atoms with Crippen LogP contribution in [-0.2, 0) is 17.4 Å². The fourth-order valence-corrected chi connectivity index (χ4v) is 5.39. The number of carbonyl (C=O) groups is 2. The Kier molecular flexibility index (Phi) is 7.07. The Hall–Kier alpha value is -4.64. The first kappa shape index (κ1) is 26.9. The van der Waals surface area contributed by atoms with Gasteiger partial charge in [0.25, 0.3) is 11.8 Å². The SMILES string of the molecule is CNC(=O)c1c(C)oc2cc(O/C(=C/C=N)c3[nH]cc(C(=O)N4CCC(OC)(c5nccn5C)C4)c3C)ccc12.[HH]. The fourth-order valence-electron chi connectivity index (χ4n) is 5.39. The molecule has 3 N–H and O–H groups in total. The predicted octanol–water partition coefficient (Wildman–Crippen LogP) is 4.17. The van der Waals surface area contributed by atoms with E-state index in [1.807, 2.05) is 24.7 Å². The van der Waals surface area contributed by atoms with Gasteiger partial charge in [-0.1, -0.05) is 0 Å².